The summed E-state index contributed by atoms with van der Waals surface area (Å²) < 4.78 is 1.82. The maximum Gasteiger partial charge on any atom is 0.260 e. The summed E-state index contributed by atoms with van der Waals surface area (Å²) >= 11 is 0. The fraction of sp³-hybridized carbons (Fsp3) is 0.421. The van der Waals surface area contributed by atoms with Gasteiger partial charge in [0.05, 0.1) is 17.4 Å². The lowest BCUT2D eigenvalue weighted by atomic mass is 10.0. The molecular weight excluding hydrogens is 300 g/mol. The summed E-state index contributed by atoms with van der Waals surface area (Å²) in [5, 5.41) is 4.04. The Labute approximate surface area is 143 Å². The molecule has 5 heteroatoms. The first-order chi connectivity index (χ1) is 11.6. The third-order valence-electron chi connectivity index (χ3n) is 3.84. The van der Waals surface area contributed by atoms with Crippen LogP contribution in [0.15, 0.2) is 47.3 Å². The third-order valence-corrected chi connectivity index (χ3v) is 3.84. The van der Waals surface area contributed by atoms with Gasteiger partial charge in [-0.3, -0.25) is 4.79 Å². The minimum absolute atomic E-state index is 0.147. The van der Waals surface area contributed by atoms with E-state index in [2.05, 4.69) is 42.4 Å². The summed E-state index contributed by atoms with van der Waals surface area (Å²) in [5.74, 6) is 0.408. The average Bonchev–Trinajstić information content (AvgIpc) is 2.94. The number of carbonyl (C=O) groups excluding carboxylic acids is 1. The van der Waals surface area contributed by atoms with E-state index in [1.807, 2.05) is 28.8 Å². The molecule has 2 rings (SSSR count). The molecule has 2 aromatic rings. The molecule has 1 aromatic heterocycles. The molecule has 128 valence electrons. The van der Waals surface area contributed by atoms with Gasteiger partial charge < -0.3 is 4.57 Å². The minimum atomic E-state index is -0.147. The summed E-state index contributed by atoms with van der Waals surface area (Å²) in [6.45, 7) is 6.65. The topological polar surface area (TPSA) is 59.3 Å². The Kier molecular flexibility index (Phi) is 6.73. The van der Waals surface area contributed by atoms with Crippen molar-refractivity contribution < 1.29 is 4.79 Å². The number of rotatable bonds is 8. The first-order valence-electron chi connectivity index (χ1n) is 8.40. The second-order valence-electron chi connectivity index (χ2n) is 6.41. The Balaban J connectivity index is 1.74. The van der Waals surface area contributed by atoms with Crippen LogP contribution in [0.3, 0.4) is 0 Å². The van der Waals surface area contributed by atoms with Gasteiger partial charge in [0.25, 0.3) is 5.91 Å². The van der Waals surface area contributed by atoms with Gasteiger partial charge in [0.15, 0.2) is 0 Å². The molecule has 1 atom stereocenters. The zero-order valence-electron chi connectivity index (χ0n) is 14.7. The van der Waals surface area contributed by atoms with Crippen molar-refractivity contribution in [2.45, 2.75) is 46.6 Å². The van der Waals surface area contributed by atoms with Crippen molar-refractivity contribution in [2.75, 3.05) is 0 Å². The number of allylic oxidation sites excluding steroid dienone is 2. The fourth-order valence-corrected chi connectivity index (χ4v) is 2.45. The van der Waals surface area contributed by atoms with Crippen LogP contribution in [0, 0.1) is 5.92 Å². The van der Waals surface area contributed by atoms with Crippen LogP contribution in [-0.4, -0.2) is 21.7 Å². The molecule has 1 N–H and O–H groups in total. The Morgan fingerprint density at radius 2 is 2.17 bits per heavy atom. The number of nitrogens with zero attached hydrogens (tertiary/aromatic N) is 3. The molecule has 0 fully saturated rings. The van der Waals surface area contributed by atoms with Gasteiger partial charge in [-0.25, -0.2) is 10.4 Å². The summed E-state index contributed by atoms with van der Waals surface area (Å²) in [4.78, 5) is 16.2. The SMILES string of the molecule is CC(C)=CCC[C@@H](C)C/C=N\NC(=O)Cn1cnc2ccccc21. The highest BCUT2D eigenvalue weighted by Crippen LogP contribution is 2.11. The molecule has 0 aliphatic carbocycles. The fourth-order valence-electron chi connectivity index (χ4n) is 2.45. The van der Waals surface area contributed by atoms with Crippen LogP contribution >= 0.6 is 0 Å². The second kappa shape index (κ2) is 9.01. The van der Waals surface area contributed by atoms with Crippen molar-refractivity contribution in [3.05, 3.63) is 42.2 Å². The van der Waals surface area contributed by atoms with E-state index in [9.17, 15) is 4.79 Å². The molecule has 0 saturated carbocycles. The van der Waals surface area contributed by atoms with Gasteiger partial charge in [0.2, 0.25) is 0 Å². The third kappa shape index (κ3) is 5.65. The number of amides is 1. The highest BCUT2D eigenvalue weighted by atomic mass is 16.2. The van der Waals surface area contributed by atoms with Gasteiger partial charge in [0.1, 0.15) is 6.54 Å². The second-order valence-corrected chi connectivity index (χ2v) is 6.41. The molecule has 0 spiro atoms. The number of fused-ring (bicyclic) bond motifs is 1. The first-order valence-corrected chi connectivity index (χ1v) is 8.40. The zero-order valence-corrected chi connectivity index (χ0v) is 14.7. The van der Waals surface area contributed by atoms with Crippen molar-refractivity contribution in [1.29, 1.82) is 0 Å². The number of carbonyl (C=O) groups is 1. The molecule has 1 aromatic carbocycles. The molecule has 0 radical (unpaired) electrons. The van der Waals surface area contributed by atoms with Crippen LogP contribution in [0.2, 0.25) is 0 Å². The lowest BCUT2D eigenvalue weighted by molar-refractivity contribution is -0.121. The van der Waals surface area contributed by atoms with E-state index in [1.165, 1.54) is 5.57 Å². The normalized spacial score (nSPS) is 12.5. The van der Waals surface area contributed by atoms with Gasteiger partial charge in [-0.2, -0.15) is 5.10 Å². The zero-order chi connectivity index (χ0) is 17.4. The summed E-state index contributed by atoms with van der Waals surface area (Å²) in [6.07, 6.45) is 8.82. The highest BCUT2D eigenvalue weighted by molar-refractivity contribution is 5.80. The molecule has 1 amide bonds. The van der Waals surface area contributed by atoms with Crippen LogP contribution in [0.1, 0.15) is 40.0 Å². The lowest BCUT2D eigenvalue weighted by Crippen LogP contribution is -2.22. The Hall–Kier alpha value is -2.43. The number of aromatic nitrogens is 2. The van der Waals surface area contributed by atoms with E-state index in [0.717, 1.165) is 30.3 Å². The Morgan fingerprint density at radius 1 is 1.38 bits per heavy atom. The molecule has 5 nitrogen and oxygen atoms in total. The summed E-state index contributed by atoms with van der Waals surface area (Å²) in [6, 6.07) is 7.75. The molecule has 0 aliphatic rings. The van der Waals surface area contributed by atoms with Crippen molar-refractivity contribution in [1.82, 2.24) is 15.0 Å². The van der Waals surface area contributed by atoms with Crippen LogP contribution in [0.4, 0.5) is 0 Å². The number of hydrogen-bond acceptors (Lipinski definition) is 3. The van der Waals surface area contributed by atoms with Crippen LogP contribution in [0.25, 0.3) is 11.0 Å². The number of nitrogens with one attached hydrogen (secondary N) is 1. The van der Waals surface area contributed by atoms with Crippen molar-refractivity contribution in [3.63, 3.8) is 0 Å². The minimum Gasteiger partial charge on any atom is -0.321 e. The van der Waals surface area contributed by atoms with E-state index in [-0.39, 0.29) is 12.5 Å². The van der Waals surface area contributed by atoms with Gasteiger partial charge >= 0.3 is 0 Å². The number of hydrazone groups is 1. The largest absolute Gasteiger partial charge is 0.321 e. The predicted octanol–water partition coefficient (Wildman–Crippen LogP) is 3.91. The van der Waals surface area contributed by atoms with Crippen LogP contribution < -0.4 is 5.43 Å². The lowest BCUT2D eigenvalue weighted by Gasteiger charge is -2.06. The Morgan fingerprint density at radius 3 is 2.96 bits per heavy atom. The first kappa shape index (κ1) is 17.9. The number of hydrogen-bond donors (Lipinski definition) is 1. The van der Waals surface area contributed by atoms with Gasteiger partial charge in [-0.05, 0) is 51.2 Å². The van der Waals surface area contributed by atoms with Crippen molar-refractivity contribution in [3.8, 4) is 0 Å². The Bertz CT molecular complexity index is 726. The highest BCUT2D eigenvalue weighted by Gasteiger charge is 2.06. The predicted molar refractivity (Wildman–Crippen MR) is 98.8 cm³/mol. The summed E-state index contributed by atoms with van der Waals surface area (Å²) in [7, 11) is 0. The maximum absolute atomic E-state index is 12.0. The maximum atomic E-state index is 12.0. The molecule has 0 bridgehead atoms. The molecular formula is C19H26N4O. The standard InChI is InChI=1S/C19H26N4O/c1-15(2)7-6-8-16(3)11-12-21-22-19(24)13-23-14-20-17-9-4-5-10-18(17)23/h4-5,7,9-10,12,14,16H,6,8,11,13H2,1-3H3,(H,22,24)/b21-12-/t16-/m1/s1. The average molecular weight is 326 g/mol. The van der Waals surface area contributed by atoms with Gasteiger partial charge in [0, 0.05) is 6.21 Å². The van der Waals surface area contributed by atoms with Crippen LogP contribution in [-0.2, 0) is 11.3 Å². The quantitative estimate of drug-likeness (QED) is 0.454. The summed E-state index contributed by atoms with van der Waals surface area (Å²) in [5.41, 5.74) is 5.78. The molecule has 24 heavy (non-hydrogen) atoms. The smallest absolute Gasteiger partial charge is 0.260 e. The monoisotopic (exact) mass is 326 g/mol. The van der Waals surface area contributed by atoms with E-state index >= 15 is 0 Å². The molecule has 1 heterocycles. The van der Waals surface area contributed by atoms with E-state index in [0.29, 0.717) is 5.92 Å². The van der Waals surface area contributed by atoms with Crippen LogP contribution in [0.5, 0.6) is 0 Å². The van der Waals surface area contributed by atoms with E-state index in [1.54, 1.807) is 12.5 Å². The van der Waals surface area contributed by atoms with Gasteiger partial charge in [-0.15, -0.1) is 0 Å². The number of para-hydroxylation sites is 2. The van der Waals surface area contributed by atoms with Crippen molar-refractivity contribution in [2.24, 2.45) is 11.0 Å². The molecule has 0 saturated heterocycles. The molecule has 0 unspecified atom stereocenters. The van der Waals surface area contributed by atoms with Crippen molar-refractivity contribution >= 4 is 23.2 Å². The molecule has 0 aliphatic heterocycles. The van der Waals surface area contributed by atoms with E-state index < -0.39 is 0 Å². The van der Waals surface area contributed by atoms with Gasteiger partial charge in [-0.1, -0.05) is 30.7 Å². The van der Waals surface area contributed by atoms with E-state index in [4.69, 9.17) is 0 Å². The number of benzene rings is 1. The number of imidazole rings is 1.